The molecule has 5 heteroatoms. The summed E-state index contributed by atoms with van der Waals surface area (Å²) in [5.41, 5.74) is 0. The maximum absolute atomic E-state index is 12.0. The lowest BCUT2D eigenvalue weighted by atomic mass is 10.5. The average Bonchev–Trinajstić information content (AvgIpc) is 1.60. The van der Waals surface area contributed by atoms with Gasteiger partial charge in [0.1, 0.15) is 0 Å². The van der Waals surface area contributed by atoms with Crippen LogP contribution < -0.4 is 0 Å². The second kappa shape index (κ2) is 3.45. The van der Waals surface area contributed by atoms with Crippen LogP contribution in [0.3, 0.4) is 0 Å². The number of rotatable bonds is 2. The van der Waals surface area contributed by atoms with E-state index in [9.17, 15) is 13.6 Å². The molecule has 0 N–H and O–H groups in total. The van der Waals surface area contributed by atoms with E-state index < -0.39 is 16.0 Å². The van der Waals surface area contributed by atoms with Crippen molar-refractivity contribution in [1.29, 1.82) is 0 Å². The van der Waals surface area contributed by atoms with Crippen LogP contribution in [0.1, 0.15) is 13.8 Å². The first-order valence-electron chi connectivity index (χ1n) is 2.62. The van der Waals surface area contributed by atoms with Crippen molar-refractivity contribution >= 4 is 28.6 Å². The summed E-state index contributed by atoms with van der Waals surface area (Å²) in [6.45, 7) is 3.03. The molecular weight excluding hydrogens is 257 g/mol. The molecule has 0 amide bonds. The lowest BCUT2D eigenvalue weighted by Gasteiger charge is -2.10. The summed E-state index contributed by atoms with van der Waals surface area (Å²) >= 11 is 0.728. The Morgan fingerprint density at radius 2 is 2.00 bits per heavy atom. The standard InChI is InChI=1S/C5H7F2IO2/c1-3(2)10-4(9)5(6,7)8/h3H,1-2H3. The third-order valence-electron chi connectivity index (χ3n) is 0.574. The van der Waals surface area contributed by atoms with Crippen LogP contribution in [-0.2, 0) is 9.53 Å². The average molecular weight is 264 g/mol. The Morgan fingerprint density at radius 3 is 2.10 bits per heavy atom. The van der Waals surface area contributed by atoms with E-state index in [0.29, 0.717) is 0 Å². The van der Waals surface area contributed by atoms with Crippen LogP contribution in [-0.4, -0.2) is 16.0 Å². The van der Waals surface area contributed by atoms with Crippen molar-refractivity contribution in [3.05, 3.63) is 0 Å². The number of hydrogen-bond acceptors (Lipinski definition) is 2. The summed E-state index contributed by atoms with van der Waals surface area (Å²) in [7, 11) is 0. The number of halogens is 3. The smallest absolute Gasteiger partial charge is 0.390 e. The fourth-order valence-corrected chi connectivity index (χ4v) is 0.408. The van der Waals surface area contributed by atoms with Crippen LogP contribution in [0, 0.1) is 0 Å². The lowest BCUT2D eigenvalue weighted by Crippen LogP contribution is -2.26. The van der Waals surface area contributed by atoms with Crippen LogP contribution in [0.25, 0.3) is 0 Å². The fourth-order valence-electron chi connectivity index (χ4n) is 0.281. The van der Waals surface area contributed by atoms with E-state index >= 15 is 0 Å². The molecule has 10 heavy (non-hydrogen) atoms. The van der Waals surface area contributed by atoms with Crippen molar-refractivity contribution in [3.8, 4) is 0 Å². The Balaban J connectivity index is 3.87. The summed E-state index contributed by atoms with van der Waals surface area (Å²) in [4.78, 5) is 10.3. The quantitative estimate of drug-likeness (QED) is 0.433. The monoisotopic (exact) mass is 264 g/mol. The maximum atomic E-state index is 12.0. The minimum atomic E-state index is -3.40. The molecule has 0 atom stereocenters. The first-order valence-corrected chi connectivity index (χ1v) is 3.69. The van der Waals surface area contributed by atoms with Gasteiger partial charge in [-0.2, -0.15) is 8.78 Å². The SMILES string of the molecule is CC(C)OC(=O)C(F)(F)I. The molecule has 0 aromatic heterocycles. The normalized spacial score (nSPS) is 11.8. The molecule has 0 heterocycles. The number of esters is 1. The number of carbonyl (C=O) groups excluding carboxylic acids is 1. The van der Waals surface area contributed by atoms with Gasteiger partial charge in [-0.1, -0.05) is 0 Å². The molecule has 0 aliphatic carbocycles. The molecule has 0 aliphatic rings. The molecule has 0 aliphatic heterocycles. The zero-order valence-corrected chi connectivity index (χ0v) is 7.69. The number of carbonyl (C=O) groups is 1. The largest absolute Gasteiger partial charge is 0.458 e. The van der Waals surface area contributed by atoms with E-state index in [1.165, 1.54) is 13.8 Å². The Labute approximate surface area is 71.1 Å². The van der Waals surface area contributed by atoms with Crippen molar-refractivity contribution in [2.45, 2.75) is 23.9 Å². The highest BCUT2D eigenvalue weighted by molar-refractivity contribution is 14.1. The minimum absolute atomic E-state index is 0.492. The molecule has 0 aromatic rings. The highest BCUT2D eigenvalue weighted by Crippen LogP contribution is 2.24. The molecule has 0 radical (unpaired) electrons. The molecule has 0 saturated carbocycles. The molecule has 0 saturated heterocycles. The first kappa shape index (κ1) is 10.1. The van der Waals surface area contributed by atoms with Crippen molar-refractivity contribution in [1.82, 2.24) is 0 Å². The predicted octanol–water partition coefficient (Wildman–Crippen LogP) is 1.97. The molecule has 60 valence electrons. The minimum Gasteiger partial charge on any atom is -0.458 e. The van der Waals surface area contributed by atoms with Gasteiger partial charge in [-0.05, 0) is 13.8 Å². The summed E-state index contributed by atoms with van der Waals surface area (Å²) in [6.07, 6.45) is -0.492. The Morgan fingerprint density at radius 1 is 1.60 bits per heavy atom. The summed E-state index contributed by atoms with van der Waals surface area (Å²) in [5, 5.41) is 0. The van der Waals surface area contributed by atoms with E-state index in [1.807, 2.05) is 0 Å². The van der Waals surface area contributed by atoms with Gasteiger partial charge in [-0.3, -0.25) is 0 Å². The van der Waals surface area contributed by atoms with Gasteiger partial charge in [-0.25, -0.2) is 4.79 Å². The van der Waals surface area contributed by atoms with Gasteiger partial charge in [-0.15, -0.1) is 0 Å². The Bertz CT molecular complexity index is 130. The van der Waals surface area contributed by atoms with Gasteiger partial charge in [0.05, 0.1) is 6.10 Å². The van der Waals surface area contributed by atoms with E-state index in [0.717, 1.165) is 22.6 Å². The summed E-state index contributed by atoms with van der Waals surface area (Å²) in [6, 6.07) is 0. The van der Waals surface area contributed by atoms with Crippen molar-refractivity contribution in [3.63, 3.8) is 0 Å². The highest BCUT2D eigenvalue weighted by atomic mass is 127. The van der Waals surface area contributed by atoms with E-state index in [4.69, 9.17) is 0 Å². The molecule has 0 rings (SSSR count). The fraction of sp³-hybridized carbons (Fsp3) is 0.800. The van der Waals surface area contributed by atoms with Crippen LogP contribution in [0.2, 0.25) is 0 Å². The molecule has 0 unspecified atom stereocenters. The van der Waals surface area contributed by atoms with Crippen LogP contribution >= 0.6 is 22.6 Å². The second-order valence-electron chi connectivity index (χ2n) is 1.95. The van der Waals surface area contributed by atoms with Crippen molar-refractivity contribution in [2.24, 2.45) is 0 Å². The van der Waals surface area contributed by atoms with Crippen molar-refractivity contribution in [2.75, 3.05) is 0 Å². The van der Waals surface area contributed by atoms with Gasteiger partial charge in [0.25, 0.3) is 0 Å². The molecule has 0 aromatic carbocycles. The topological polar surface area (TPSA) is 26.3 Å². The zero-order chi connectivity index (χ0) is 8.36. The van der Waals surface area contributed by atoms with Crippen molar-refractivity contribution < 1.29 is 18.3 Å². The van der Waals surface area contributed by atoms with E-state index in [2.05, 4.69) is 4.74 Å². The van der Waals surface area contributed by atoms with Gasteiger partial charge in [0.15, 0.2) is 0 Å². The molecular formula is C5H7F2IO2. The molecule has 0 bridgehead atoms. The van der Waals surface area contributed by atoms with Gasteiger partial charge in [0.2, 0.25) is 0 Å². The molecule has 0 fully saturated rings. The zero-order valence-electron chi connectivity index (χ0n) is 5.53. The third-order valence-corrected chi connectivity index (χ3v) is 1.01. The van der Waals surface area contributed by atoms with E-state index in [1.54, 1.807) is 0 Å². The number of hydrogen-bond donors (Lipinski definition) is 0. The number of alkyl halides is 3. The van der Waals surface area contributed by atoms with Gasteiger partial charge < -0.3 is 4.74 Å². The van der Waals surface area contributed by atoms with Gasteiger partial charge >= 0.3 is 9.90 Å². The molecule has 0 spiro atoms. The van der Waals surface area contributed by atoms with Gasteiger partial charge in [0, 0.05) is 22.6 Å². The Hall–Kier alpha value is 0.0600. The van der Waals surface area contributed by atoms with Crippen LogP contribution in [0.4, 0.5) is 8.78 Å². The van der Waals surface area contributed by atoms with E-state index in [-0.39, 0.29) is 0 Å². The Kier molecular flexibility index (Phi) is 3.47. The first-order chi connectivity index (χ1) is 4.34. The highest BCUT2D eigenvalue weighted by Gasteiger charge is 2.37. The molecule has 2 nitrogen and oxygen atoms in total. The second-order valence-corrected chi connectivity index (χ2v) is 3.31. The van der Waals surface area contributed by atoms with Crippen LogP contribution in [0.15, 0.2) is 0 Å². The number of ether oxygens (including phenoxy) is 1. The summed E-state index contributed by atoms with van der Waals surface area (Å²) < 4.78 is 24.8. The predicted molar refractivity (Wildman–Crippen MR) is 40.2 cm³/mol. The van der Waals surface area contributed by atoms with Crippen LogP contribution in [0.5, 0.6) is 0 Å². The third kappa shape index (κ3) is 3.97. The summed E-state index contributed by atoms with van der Waals surface area (Å²) in [5.74, 6) is -1.48. The lowest BCUT2D eigenvalue weighted by molar-refractivity contribution is -0.162. The maximum Gasteiger partial charge on any atom is 0.390 e.